The van der Waals surface area contributed by atoms with Crippen LogP contribution in [0, 0.1) is 11.7 Å². The van der Waals surface area contributed by atoms with E-state index in [0.29, 0.717) is 13.0 Å². The zero-order chi connectivity index (χ0) is 13.0. The van der Waals surface area contributed by atoms with E-state index in [4.69, 9.17) is 5.73 Å². The lowest BCUT2D eigenvalue weighted by molar-refractivity contribution is -0.124. The molecule has 0 radical (unpaired) electrons. The highest BCUT2D eigenvalue weighted by atomic mass is 35.5. The Labute approximate surface area is 119 Å². The first-order valence-corrected chi connectivity index (χ1v) is 6.43. The summed E-state index contributed by atoms with van der Waals surface area (Å²) in [5.74, 6) is -0.0903. The van der Waals surface area contributed by atoms with Gasteiger partial charge in [-0.3, -0.25) is 4.79 Å². The van der Waals surface area contributed by atoms with Gasteiger partial charge in [-0.25, -0.2) is 4.39 Å². The standard InChI is InChI=1S/C14H19FN2O.ClH/c15-12-3-1-2-10(8-12)6-7-17-14(18)11-4-5-13(16)9-11;/h1-3,8,11,13H,4-7,9,16H2,(H,17,18);1H. The summed E-state index contributed by atoms with van der Waals surface area (Å²) in [5, 5.41) is 2.90. The lowest BCUT2D eigenvalue weighted by atomic mass is 10.1. The Hall–Kier alpha value is -1.13. The molecule has 106 valence electrons. The maximum absolute atomic E-state index is 12.9. The molecule has 0 aromatic heterocycles. The molecule has 2 unspecified atom stereocenters. The van der Waals surface area contributed by atoms with Gasteiger partial charge in [0.1, 0.15) is 5.82 Å². The van der Waals surface area contributed by atoms with Crippen molar-refractivity contribution in [1.29, 1.82) is 0 Å². The Morgan fingerprint density at radius 2 is 2.21 bits per heavy atom. The molecule has 3 nitrogen and oxygen atoms in total. The number of carbonyl (C=O) groups is 1. The van der Waals surface area contributed by atoms with E-state index >= 15 is 0 Å². The molecule has 1 fully saturated rings. The van der Waals surface area contributed by atoms with Gasteiger partial charge in [0.25, 0.3) is 0 Å². The van der Waals surface area contributed by atoms with Crippen LogP contribution in [-0.2, 0) is 11.2 Å². The Kier molecular flexibility index (Phi) is 6.25. The minimum atomic E-state index is -0.236. The Balaban J connectivity index is 0.00000180. The van der Waals surface area contributed by atoms with Gasteiger partial charge in [0.2, 0.25) is 5.91 Å². The third-order valence-electron chi connectivity index (χ3n) is 3.45. The van der Waals surface area contributed by atoms with Crippen molar-refractivity contribution < 1.29 is 9.18 Å². The fourth-order valence-corrected chi connectivity index (χ4v) is 2.42. The molecule has 0 spiro atoms. The van der Waals surface area contributed by atoms with Crippen molar-refractivity contribution in [3.8, 4) is 0 Å². The molecule has 1 saturated carbocycles. The average molecular weight is 287 g/mol. The van der Waals surface area contributed by atoms with Crippen molar-refractivity contribution in [2.75, 3.05) is 6.54 Å². The number of halogens is 2. The van der Waals surface area contributed by atoms with Gasteiger partial charge in [0, 0.05) is 18.5 Å². The minimum absolute atomic E-state index is 0. The fourth-order valence-electron chi connectivity index (χ4n) is 2.42. The summed E-state index contributed by atoms with van der Waals surface area (Å²) in [5.41, 5.74) is 6.68. The van der Waals surface area contributed by atoms with E-state index in [9.17, 15) is 9.18 Å². The van der Waals surface area contributed by atoms with E-state index in [-0.39, 0.29) is 36.1 Å². The summed E-state index contributed by atoms with van der Waals surface area (Å²) in [6.45, 7) is 0.550. The lowest BCUT2D eigenvalue weighted by Gasteiger charge is -2.10. The molecule has 1 aromatic carbocycles. The number of carbonyl (C=O) groups excluding carboxylic acids is 1. The van der Waals surface area contributed by atoms with Crippen molar-refractivity contribution >= 4 is 18.3 Å². The van der Waals surface area contributed by atoms with Crippen LogP contribution in [-0.4, -0.2) is 18.5 Å². The molecule has 0 saturated heterocycles. The first-order chi connectivity index (χ1) is 8.65. The second-order valence-corrected chi connectivity index (χ2v) is 4.94. The molecule has 5 heteroatoms. The van der Waals surface area contributed by atoms with E-state index in [1.165, 1.54) is 12.1 Å². The van der Waals surface area contributed by atoms with Gasteiger partial charge in [-0.15, -0.1) is 12.4 Å². The number of amides is 1. The molecular formula is C14H20ClFN2O. The van der Waals surface area contributed by atoms with Crippen molar-refractivity contribution in [1.82, 2.24) is 5.32 Å². The summed E-state index contributed by atoms with van der Waals surface area (Å²) < 4.78 is 12.9. The van der Waals surface area contributed by atoms with E-state index in [1.807, 2.05) is 6.07 Å². The first-order valence-electron chi connectivity index (χ1n) is 6.43. The van der Waals surface area contributed by atoms with E-state index in [0.717, 1.165) is 24.8 Å². The van der Waals surface area contributed by atoms with Gasteiger partial charge >= 0.3 is 0 Å². The number of hydrogen-bond acceptors (Lipinski definition) is 2. The molecule has 1 aliphatic carbocycles. The van der Waals surface area contributed by atoms with Crippen LogP contribution in [0.15, 0.2) is 24.3 Å². The number of nitrogens with two attached hydrogens (primary N) is 1. The Morgan fingerprint density at radius 3 is 2.84 bits per heavy atom. The zero-order valence-electron chi connectivity index (χ0n) is 10.8. The van der Waals surface area contributed by atoms with Crippen molar-refractivity contribution in [3.05, 3.63) is 35.6 Å². The quantitative estimate of drug-likeness (QED) is 0.890. The fraction of sp³-hybridized carbons (Fsp3) is 0.500. The zero-order valence-corrected chi connectivity index (χ0v) is 11.6. The van der Waals surface area contributed by atoms with Crippen LogP contribution >= 0.6 is 12.4 Å². The third-order valence-corrected chi connectivity index (χ3v) is 3.45. The van der Waals surface area contributed by atoms with E-state index in [1.54, 1.807) is 6.07 Å². The molecule has 0 heterocycles. The van der Waals surface area contributed by atoms with Gasteiger partial charge in [0.05, 0.1) is 0 Å². The van der Waals surface area contributed by atoms with Crippen LogP contribution in [0.2, 0.25) is 0 Å². The van der Waals surface area contributed by atoms with Gasteiger partial charge in [-0.05, 0) is 43.4 Å². The third kappa shape index (κ3) is 4.80. The molecule has 19 heavy (non-hydrogen) atoms. The van der Waals surface area contributed by atoms with Crippen LogP contribution in [0.4, 0.5) is 4.39 Å². The summed E-state index contributed by atoms with van der Waals surface area (Å²) >= 11 is 0. The molecule has 0 bridgehead atoms. The molecule has 1 aromatic rings. The normalized spacial score (nSPS) is 21.8. The molecule has 1 amide bonds. The number of nitrogens with one attached hydrogen (secondary N) is 1. The van der Waals surface area contributed by atoms with E-state index < -0.39 is 0 Å². The number of rotatable bonds is 4. The molecule has 3 N–H and O–H groups in total. The lowest BCUT2D eigenvalue weighted by Crippen LogP contribution is -2.31. The monoisotopic (exact) mass is 286 g/mol. The van der Waals surface area contributed by atoms with Gasteiger partial charge in [-0.1, -0.05) is 12.1 Å². The van der Waals surface area contributed by atoms with Crippen molar-refractivity contribution in [2.45, 2.75) is 31.7 Å². The molecule has 0 aliphatic heterocycles. The number of hydrogen-bond donors (Lipinski definition) is 2. The molecule has 2 atom stereocenters. The smallest absolute Gasteiger partial charge is 0.223 e. The highest BCUT2D eigenvalue weighted by Gasteiger charge is 2.27. The SMILES string of the molecule is Cl.NC1CCC(C(=O)NCCc2cccc(F)c2)C1. The summed E-state index contributed by atoms with van der Waals surface area (Å²) in [6, 6.07) is 6.63. The van der Waals surface area contributed by atoms with Gasteiger partial charge < -0.3 is 11.1 Å². The molecule has 1 aliphatic rings. The predicted octanol–water partition coefficient (Wildman–Crippen LogP) is 2.03. The highest BCUT2D eigenvalue weighted by molar-refractivity contribution is 5.85. The molecular weight excluding hydrogens is 267 g/mol. The first kappa shape index (κ1) is 15.9. The van der Waals surface area contributed by atoms with Crippen molar-refractivity contribution in [3.63, 3.8) is 0 Å². The summed E-state index contributed by atoms with van der Waals surface area (Å²) in [4.78, 5) is 11.8. The van der Waals surface area contributed by atoms with E-state index in [2.05, 4.69) is 5.32 Å². The summed E-state index contributed by atoms with van der Waals surface area (Å²) in [7, 11) is 0. The van der Waals surface area contributed by atoms with Crippen LogP contribution < -0.4 is 11.1 Å². The maximum Gasteiger partial charge on any atom is 0.223 e. The topological polar surface area (TPSA) is 55.1 Å². The van der Waals surface area contributed by atoms with Crippen LogP contribution in [0.3, 0.4) is 0 Å². The maximum atomic E-state index is 12.9. The van der Waals surface area contributed by atoms with Crippen molar-refractivity contribution in [2.24, 2.45) is 11.7 Å². The van der Waals surface area contributed by atoms with Crippen LogP contribution in [0.1, 0.15) is 24.8 Å². The van der Waals surface area contributed by atoms with Crippen LogP contribution in [0.5, 0.6) is 0 Å². The Morgan fingerprint density at radius 1 is 1.42 bits per heavy atom. The second-order valence-electron chi connectivity index (χ2n) is 4.94. The molecule has 2 rings (SSSR count). The predicted molar refractivity (Wildman–Crippen MR) is 75.7 cm³/mol. The van der Waals surface area contributed by atoms with Crippen LogP contribution in [0.25, 0.3) is 0 Å². The average Bonchev–Trinajstić information content (AvgIpc) is 2.76. The summed E-state index contributed by atoms with van der Waals surface area (Å²) in [6.07, 6.45) is 3.25. The minimum Gasteiger partial charge on any atom is -0.356 e. The van der Waals surface area contributed by atoms with Gasteiger partial charge in [-0.2, -0.15) is 0 Å². The van der Waals surface area contributed by atoms with Gasteiger partial charge in [0.15, 0.2) is 0 Å². The largest absolute Gasteiger partial charge is 0.356 e. The highest BCUT2D eigenvalue weighted by Crippen LogP contribution is 2.23. The second kappa shape index (κ2) is 7.46. The number of benzene rings is 1. The Bertz CT molecular complexity index is 428.